The molecule has 0 spiro atoms. The molecule has 0 aliphatic heterocycles. The van der Waals surface area contributed by atoms with E-state index in [0.29, 0.717) is 6.07 Å². The van der Waals surface area contributed by atoms with Crippen LogP contribution in [0, 0.1) is 17.5 Å². The van der Waals surface area contributed by atoms with Crippen LogP contribution in [-0.2, 0) is 9.53 Å². The number of ketones is 1. The number of anilines is 1. The molecule has 5 nitrogen and oxygen atoms in total. The number of aromatic hydroxyl groups is 1. The highest BCUT2D eigenvalue weighted by atomic mass is 19.2. The number of Topliss-reactive ketones (excluding diaryl/α,β-unsaturated/α-hetero) is 1. The van der Waals surface area contributed by atoms with Crippen molar-refractivity contribution in [3.63, 3.8) is 0 Å². The van der Waals surface area contributed by atoms with Crippen LogP contribution in [0.3, 0.4) is 0 Å². The zero-order chi connectivity index (χ0) is 21.8. The molecular formula is C22H16F3NO4. The van der Waals surface area contributed by atoms with E-state index >= 15 is 0 Å². The Balaban J connectivity index is 2.02. The van der Waals surface area contributed by atoms with Crippen molar-refractivity contribution >= 4 is 28.2 Å². The highest BCUT2D eigenvalue weighted by molar-refractivity contribution is 6.24. The molecule has 3 rings (SSSR count). The number of phenols is 1. The van der Waals surface area contributed by atoms with E-state index in [1.165, 1.54) is 13.0 Å². The van der Waals surface area contributed by atoms with Gasteiger partial charge in [0.2, 0.25) is 5.78 Å². The number of ether oxygens (including phenoxy) is 1. The summed E-state index contributed by atoms with van der Waals surface area (Å²) < 4.78 is 45.8. The Kier molecular flexibility index (Phi) is 6.06. The molecule has 154 valence electrons. The Labute approximate surface area is 169 Å². The van der Waals surface area contributed by atoms with Crippen molar-refractivity contribution in [3.05, 3.63) is 83.3 Å². The third kappa shape index (κ3) is 4.27. The summed E-state index contributed by atoms with van der Waals surface area (Å²) >= 11 is 0. The number of carbonyl (C=O) groups excluding carboxylic acids is 2. The van der Waals surface area contributed by atoms with Gasteiger partial charge in [0.15, 0.2) is 11.6 Å². The smallest absolute Gasteiger partial charge is 0.343 e. The van der Waals surface area contributed by atoms with Crippen LogP contribution in [0.2, 0.25) is 0 Å². The van der Waals surface area contributed by atoms with Crippen LogP contribution in [0.15, 0.2) is 60.3 Å². The molecule has 0 aliphatic carbocycles. The lowest BCUT2D eigenvalue weighted by Crippen LogP contribution is -2.19. The molecule has 0 aliphatic rings. The monoisotopic (exact) mass is 415 g/mol. The van der Waals surface area contributed by atoms with Gasteiger partial charge in [-0.25, -0.2) is 18.0 Å². The number of fused-ring (bicyclic) bond motifs is 1. The normalized spacial score (nSPS) is 11.4. The summed E-state index contributed by atoms with van der Waals surface area (Å²) in [5, 5.41) is 14.3. The predicted molar refractivity (Wildman–Crippen MR) is 105 cm³/mol. The summed E-state index contributed by atoms with van der Waals surface area (Å²) in [6.45, 7) is 1.40. The molecule has 3 aromatic carbocycles. The number of carbonyl (C=O) groups is 2. The molecule has 0 radical (unpaired) electrons. The van der Waals surface area contributed by atoms with Gasteiger partial charge < -0.3 is 15.2 Å². The van der Waals surface area contributed by atoms with Crippen LogP contribution in [0.1, 0.15) is 17.3 Å². The number of nitrogens with one attached hydrogen (secondary N) is 1. The van der Waals surface area contributed by atoms with Crippen LogP contribution in [-0.4, -0.2) is 23.5 Å². The fourth-order valence-corrected chi connectivity index (χ4v) is 2.79. The minimum atomic E-state index is -1.59. The maximum Gasteiger partial charge on any atom is 0.343 e. The second kappa shape index (κ2) is 8.69. The van der Waals surface area contributed by atoms with E-state index in [2.05, 4.69) is 5.32 Å². The summed E-state index contributed by atoms with van der Waals surface area (Å²) in [5.74, 6) is -6.92. The number of hydrogen-bond acceptors (Lipinski definition) is 5. The zero-order valence-corrected chi connectivity index (χ0v) is 15.7. The van der Waals surface area contributed by atoms with Gasteiger partial charge in [-0.15, -0.1) is 0 Å². The molecule has 0 saturated heterocycles. The molecule has 2 N–H and O–H groups in total. The van der Waals surface area contributed by atoms with Gasteiger partial charge in [0.1, 0.15) is 17.1 Å². The molecule has 0 bridgehead atoms. The second-order valence-electron chi connectivity index (χ2n) is 6.22. The van der Waals surface area contributed by atoms with Gasteiger partial charge >= 0.3 is 5.97 Å². The lowest BCUT2D eigenvalue weighted by molar-refractivity contribution is -0.138. The average molecular weight is 415 g/mol. The first-order chi connectivity index (χ1) is 14.3. The van der Waals surface area contributed by atoms with Crippen molar-refractivity contribution in [2.75, 3.05) is 11.9 Å². The third-order valence-corrected chi connectivity index (χ3v) is 4.21. The van der Waals surface area contributed by atoms with Crippen molar-refractivity contribution in [3.8, 4) is 5.75 Å². The van der Waals surface area contributed by atoms with E-state index in [0.717, 1.165) is 17.0 Å². The number of phenolic OH excluding ortho intramolecular Hbond substituents is 1. The predicted octanol–water partition coefficient (Wildman–Crippen LogP) is 4.70. The Morgan fingerprint density at radius 2 is 1.73 bits per heavy atom. The molecule has 8 heteroatoms. The standard InChI is InChI=1S/C22H16F3NO4/c1-2-30-22(29)16(21(28)15-9-14(23)10-17(24)20(15)25)11-26-18-7-12-5-3-4-6-13(12)8-19(18)27/h3-11,26-27H,2H2,1H3/b16-11-. The molecular weight excluding hydrogens is 399 g/mol. The van der Waals surface area contributed by atoms with Crippen molar-refractivity contribution in [2.24, 2.45) is 0 Å². The van der Waals surface area contributed by atoms with E-state index < -0.39 is 40.3 Å². The van der Waals surface area contributed by atoms with Gasteiger partial charge in [-0.2, -0.15) is 0 Å². The zero-order valence-electron chi connectivity index (χ0n) is 15.7. The highest BCUT2D eigenvalue weighted by Gasteiger charge is 2.26. The Morgan fingerprint density at radius 1 is 1.07 bits per heavy atom. The molecule has 0 aromatic heterocycles. The largest absolute Gasteiger partial charge is 0.506 e. The lowest BCUT2D eigenvalue weighted by atomic mass is 10.0. The molecule has 0 unspecified atom stereocenters. The number of esters is 1. The Bertz CT molecular complexity index is 1170. The van der Waals surface area contributed by atoms with E-state index in [4.69, 9.17) is 4.74 Å². The lowest BCUT2D eigenvalue weighted by Gasteiger charge is -2.10. The van der Waals surface area contributed by atoms with E-state index in [-0.39, 0.29) is 24.1 Å². The maximum atomic E-state index is 14.0. The molecule has 3 aromatic rings. The molecule has 0 amide bonds. The van der Waals surface area contributed by atoms with Crippen molar-refractivity contribution in [2.45, 2.75) is 6.92 Å². The second-order valence-corrected chi connectivity index (χ2v) is 6.22. The molecule has 0 heterocycles. The first kappa shape index (κ1) is 20.9. The van der Waals surface area contributed by atoms with E-state index in [9.17, 15) is 27.9 Å². The number of benzene rings is 3. The summed E-state index contributed by atoms with van der Waals surface area (Å²) in [7, 11) is 0. The number of rotatable bonds is 6. The Morgan fingerprint density at radius 3 is 2.40 bits per heavy atom. The maximum absolute atomic E-state index is 14.0. The Hall–Kier alpha value is -3.81. The molecule has 30 heavy (non-hydrogen) atoms. The van der Waals surface area contributed by atoms with E-state index in [1.54, 1.807) is 30.3 Å². The van der Waals surface area contributed by atoms with Crippen LogP contribution >= 0.6 is 0 Å². The number of halogens is 3. The fourth-order valence-electron chi connectivity index (χ4n) is 2.79. The molecule has 0 saturated carbocycles. The van der Waals surface area contributed by atoms with Gasteiger partial charge in [0, 0.05) is 12.3 Å². The van der Waals surface area contributed by atoms with Crippen molar-refractivity contribution < 1.29 is 32.6 Å². The summed E-state index contributed by atoms with van der Waals surface area (Å²) in [6.07, 6.45) is 0.895. The SMILES string of the molecule is CCOC(=O)/C(=C\Nc1cc2ccccc2cc1O)C(=O)c1cc(F)cc(F)c1F. The quantitative estimate of drug-likeness (QED) is 0.116. The first-order valence-corrected chi connectivity index (χ1v) is 8.86. The van der Waals surface area contributed by atoms with Crippen LogP contribution in [0.4, 0.5) is 18.9 Å². The van der Waals surface area contributed by atoms with Gasteiger partial charge in [-0.3, -0.25) is 4.79 Å². The number of hydrogen-bond donors (Lipinski definition) is 2. The summed E-state index contributed by atoms with van der Waals surface area (Å²) in [5.41, 5.74) is -1.51. The van der Waals surface area contributed by atoms with Gasteiger partial charge in [0.05, 0.1) is 17.9 Å². The molecule has 0 fully saturated rings. The summed E-state index contributed by atoms with van der Waals surface area (Å²) in [6, 6.07) is 10.9. The van der Waals surface area contributed by atoms with Gasteiger partial charge in [-0.05, 0) is 35.9 Å². The first-order valence-electron chi connectivity index (χ1n) is 8.86. The molecule has 0 atom stereocenters. The van der Waals surface area contributed by atoms with Crippen LogP contribution in [0.5, 0.6) is 5.75 Å². The van der Waals surface area contributed by atoms with Crippen LogP contribution in [0.25, 0.3) is 10.8 Å². The summed E-state index contributed by atoms with van der Waals surface area (Å²) in [4.78, 5) is 24.9. The van der Waals surface area contributed by atoms with Gasteiger partial charge in [-0.1, -0.05) is 24.3 Å². The van der Waals surface area contributed by atoms with Crippen molar-refractivity contribution in [1.82, 2.24) is 0 Å². The van der Waals surface area contributed by atoms with Gasteiger partial charge in [0.25, 0.3) is 0 Å². The highest BCUT2D eigenvalue weighted by Crippen LogP contribution is 2.29. The minimum Gasteiger partial charge on any atom is -0.506 e. The fraction of sp³-hybridized carbons (Fsp3) is 0.0909. The van der Waals surface area contributed by atoms with Crippen LogP contribution < -0.4 is 5.32 Å². The minimum absolute atomic E-state index is 0.0926. The topological polar surface area (TPSA) is 75.6 Å². The average Bonchev–Trinajstić information content (AvgIpc) is 2.71. The van der Waals surface area contributed by atoms with E-state index in [1.807, 2.05) is 0 Å². The third-order valence-electron chi connectivity index (χ3n) is 4.21. The van der Waals surface area contributed by atoms with Crippen molar-refractivity contribution in [1.29, 1.82) is 0 Å².